The van der Waals surface area contributed by atoms with E-state index >= 15 is 0 Å². The summed E-state index contributed by atoms with van der Waals surface area (Å²) in [7, 11) is 1.49. The van der Waals surface area contributed by atoms with E-state index in [1.165, 1.54) is 31.7 Å². The van der Waals surface area contributed by atoms with E-state index in [0.29, 0.717) is 22.7 Å². The van der Waals surface area contributed by atoms with Crippen LogP contribution in [0.25, 0.3) is 22.4 Å². The van der Waals surface area contributed by atoms with Crippen LogP contribution in [0.1, 0.15) is 17.0 Å². The van der Waals surface area contributed by atoms with Gasteiger partial charge in [0, 0.05) is 25.2 Å². The largest absolute Gasteiger partial charge is 0.418 e. The Morgan fingerprint density at radius 2 is 1.81 bits per heavy atom. The van der Waals surface area contributed by atoms with Crippen molar-refractivity contribution in [2.24, 2.45) is 0 Å². The lowest BCUT2D eigenvalue weighted by atomic mass is 10.1. The zero-order valence-corrected chi connectivity index (χ0v) is 16.8. The molecule has 0 unspecified atom stereocenters. The number of aromatic nitrogens is 4. The summed E-state index contributed by atoms with van der Waals surface area (Å²) in [4.78, 5) is 17.1. The van der Waals surface area contributed by atoms with Crippen molar-refractivity contribution in [1.82, 2.24) is 19.9 Å². The number of nitrogens with one attached hydrogen (secondary N) is 2. The summed E-state index contributed by atoms with van der Waals surface area (Å²) in [6.07, 6.45) is -2.04. The quantitative estimate of drug-likeness (QED) is 0.412. The lowest BCUT2D eigenvalue weighted by Crippen LogP contribution is -2.09. The molecule has 1 aromatic carbocycles. The molecule has 0 atom stereocenters. The Hall–Kier alpha value is -3.92. The number of benzene rings is 1. The van der Waals surface area contributed by atoms with Gasteiger partial charge < -0.3 is 15.5 Å². The van der Waals surface area contributed by atoms with Gasteiger partial charge in [-0.15, -0.1) is 0 Å². The van der Waals surface area contributed by atoms with Crippen molar-refractivity contribution >= 4 is 28.8 Å². The van der Waals surface area contributed by atoms with Crippen molar-refractivity contribution in [2.45, 2.75) is 12.8 Å². The van der Waals surface area contributed by atoms with E-state index in [4.69, 9.17) is 10.1 Å². The molecule has 162 valence electrons. The highest BCUT2D eigenvalue weighted by molar-refractivity contribution is 5.90. The summed E-state index contributed by atoms with van der Waals surface area (Å²) in [6.45, 7) is 0.0979. The zero-order chi connectivity index (χ0) is 22.7. The number of fused-ring (bicyclic) bond motifs is 1. The Morgan fingerprint density at radius 1 is 1.03 bits per heavy atom. The number of anilines is 2. The Bertz CT molecular complexity index is 1280. The molecule has 0 bridgehead atoms. The fourth-order valence-electron chi connectivity index (χ4n) is 3.11. The number of ether oxygens (including phenoxy) is 1. The second kappa shape index (κ2) is 8.67. The predicted octanol–water partition coefficient (Wildman–Crippen LogP) is 4.99. The Kier molecular flexibility index (Phi) is 5.78. The van der Waals surface area contributed by atoms with Crippen LogP contribution in [0.3, 0.4) is 0 Å². The number of nitrogens with zero attached hydrogens (tertiary/aromatic N) is 4. The van der Waals surface area contributed by atoms with Gasteiger partial charge in [0.2, 0.25) is 0 Å². The van der Waals surface area contributed by atoms with E-state index in [1.807, 2.05) is 0 Å². The molecule has 0 saturated carbocycles. The molecule has 0 spiro atoms. The van der Waals surface area contributed by atoms with Gasteiger partial charge in [0.05, 0.1) is 16.6 Å². The average molecular weight is 438 g/mol. The molecule has 2 N–H and O–H groups in total. The third-order valence-electron chi connectivity index (χ3n) is 4.58. The first-order valence-corrected chi connectivity index (χ1v) is 9.46. The van der Waals surface area contributed by atoms with Gasteiger partial charge in [-0.1, -0.05) is 12.1 Å². The standard InChI is InChI=1S/C22H17F3N6O/c1-32-12-18-30-20(28-14-6-4-13(11-26)5-7-14)15-8-9-17(29-21(15)31-18)19-16(22(23,24)25)3-2-10-27-19/h2-11,26H,12H2,1H3,(H,28,29,30,31). The SMILES string of the molecule is COCc1nc(Nc2ccc(C=N)cc2)c2ccc(-c3ncccc3C(F)(F)F)nc2n1. The van der Waals surface area contributed by atoms with Crippen molar-refractivity contribution in [3.8, 4) is 11.4 Å². The maximum Gasteiger partial charge on any atom is 0.418 e. The second-order valence-electron chi connectivity index (χ2n) is 6.78. The molecule has 7 nitrogen and oxygen atoms in total. The number of hydrogen-bond donors (Lipinski definition) is 2. The number of rotatable bonds is 6. The molecule has 0 fully saturated rings. The minimum Gasteiger partial charge on any atom is -0.377 e. The lowest BCUT2D eigenvalue weighted by molar-refractivity contribution is -0.137. The second-order valence-corrected chi connectivity index (χ2v) is 6.78. The normalized spacial score (nSPS) is 11.5. The van der Waals surface area contributed by atoms with Crippen molar-refractivity contribution in [3.63, 3.8) is 0 Å². The number of methoxy groups -OCH3 is 1. The molecule has 0 aliphatic rings. The Labute approximate surface area is 180 Å². The molecule has 4 rings (SSSR count). The van der Waals surface area contributed by atoms with Gasteiger partial charge in [0.15, 0.2) is 11.5 Å². The van der Waals surface area contributed by atoms with Crippen LogP contribution in [-0.2, 0) is 17.5 Å². The predicted molar refractivity (Wildman–Crippen MR) is 114 cm³/mol. The summed E-state index contributed by atoms with van der Waals surface area (Å²) in [5.41, 5.74) is 0.571. The van der Waals surface area contributed by atoms with Crippen molar-refractivity contribution in [3.05, 3.63) is 71.7 Å². The fraction of sp³-hybridized carbons (Fsp3) is 0.136. The molecule has 0 aliphatic heterocycles. The highest BCUT2D eigenvalue weighted by atomic mass is 19.4. The van der Waals surface area contributed by atoms with E-state index in [9.17, 15) is 13.2 Å². The third kappa shape index (κ3) is 4.40. The first-order chi connectivity index (χ1) is 15.4. The van der Waals surface area contributed by atoms with Gasteiger partial charge in [0.25, 0.3) is 0 Å². The van der Waals surface area contributed by atoms with Crippen LogP contribution in [0, 0.1) is 5.41 Å². The number of halogens is 3. The summed E-state index contributed by atoms with van der Waals surface area (Å²) >= 11 is 0. The van der Waals surface area contributed by atoms with E-state index in [0.717, 1.165) is 11.6 Å². The van der Waals surface area contributed by atoms with Crippen molar-refractivity contribution in [2.75, 3.05) is 12.4 Å². The van der Waals surface area contributed by atoms with E-state index in [2.05, 4.69) is 25.3 Å². The minimum absolute atomic E-state index is 0.0498. The maximum atomic E-state index is 13.4. The summed E-state index contributed by atoms with van der Waals surface area (Å²) in [5.74, 6) is 0.751. The van der Waals surface area contributed by atoms with Crippen LogP contribution < -0.4 is 5.32 Å². The third-order valence-corrected chi connectivity index (χ3v) is 4.58. The molecule has 0 aliphatic carbocycles. The topological polar surface area (TPSA) is 96.7 Å². The van der Waals surface area contributed by atoms with Gasteiger partial charge in [-0.05, 0) is 42.0 Å². The molecule has 0 radical (unpaired) electrons. The van der Waals surface area contributed by atoms with Crippen LogP contribution in [0.2, 0.25) is 0 Å². The number of pyridine rings is 2. The van der Waals surface area contributed by atoms with Crippen molar-refractivity contribution in [1.29, 1.82) is 5.41 Å². The Balaban J connectivity index is 1.82. The zero-order valence-electron chi connectivity index (χ0n) is 16.8. The van der Waals surface area contributed by atoms with Gasteiger partial charge in [0.1, 0.15) is 18.1 Å². The fourth-order valence-corrected chi connectivity index (χ4v) is 3.11. The van der Waals surface area contributed by atoms with Gasteiger partial charge in [-0.2, -0.15) is 13.2 Å². The van der Waals surface area contributed by atoms with E-state index < -0.39 is 11.7 Å². The van der Waals surface area contributed by atoms with Crippen LogP contribution >= 0.6 is 0 Å². The average Bonchev–Trinajstić information content (AvgIpc) is 2.79. The molecule has 3 aromatic heterocycles. The summed E-state index contributed by atoms with van der Waals surface area (Å²) in [6, 6.07) is 12.4. The van der Waals surface area contributed by atoms with Gasteiger partial charge in [-0.25, -0.2) is 15.0 Å². The molecule has 0 amide bonds. The number of alkyl halides is 3. The molecular formula is C22H17F3N6O. The van der Waals surface area contributed by atoms with E-state index in [1.54, 1.807) is 30.3 Å². The van der Waals surface area contributed by atoms with Crippen LogP contribution in [0.4, 0.5) is 24.7 Å². The van der Waals surface area contributed by atoms with Crippen LogP contribution in [-0.4, -0.2) is 33.3 Å². The molecule has 10 heteroatoms. The molecular weight excluding hydrogens is 421 g/mol. The van der Waals surface area contributed by atoms with Crippen LogP contribution in [0.15, 0.2) is 54.7 Å². The lowest BCUT2D eigenvalue weighted by Gasteiger charge is -2.13. The molecule has 4 aromatic rings. The minimum atomic E-state index is -4.57. The summed E-state index contributed by atoms with van der Waals surface area (Å²) in [5, 5.41) is 11.0. The van der Waals surface area contributed by atoms with Crippen LogP contribution in [0.5, 0.6) is 0 Å². The highest BCUT2D eigenvalue weighted by Gasteiger charge is 2.34. The molecule has 32 heavy (non-hydrogen) atoms. The molecule has 0 saturated heterocycles. The van der Waals surface area contributed by atoms with Gasteiger partial charge >= 0.3 is 6.18 Å². The van der Waals surface area contributed by atoms with E-state index in [-0.39, 0.29) is 23.6 Å². The monoisotopic (exact) mass is 438 g/mol. The maximum absolute atomic E-state index is 13.4. The first kappa shape index (κ1) is 21.3. The molecule has 3 heterocycles. The van der Waals surface area contributed by atoms with Gasteiger partial charge in [-0.3, -0.25) is 4.98 Å². The smallest absolute Gasteiger partial charge is 0.377 e. The highest BCUT2D eigenvalue weighted by Crippen LogP contribution is 2.35. The number of hydrogen-bond acceptors (Lipinski definition) is 7. The summed E-state index contributed by atoms with van der Waals surface area (Å²) < 4.78 is 45.4. The first-order valence-electron chi connectivity index (χ1n) is 9.46. The van der Waals surface area contributed by atoms with Crippen molar-refractivity contribution < 1.29 is 17.9 Å². The Morgan fingerprint density at radius 3 is 2.50 bits per heavy atom.